The van der Waals surface area contributed by atoms with Crippen LogP contribution in [0, 0.1) is 5.82 Å². The van der Waals surface area contributed by atoms with Crippen LogP contribution in [0.15, 0.2) is 18.2 Å². The molecule has 0 saturated carbocycles. The Hall–Kier alpha value is -1.29. The molecule has 0 aliphatic heterocycles. The summed E-state index contributed by atoms with van der Waals surface area (Å²) < 4.78 is 18.4. The SMILES string of the molecule is CCCOc1ccc(F)cc1NCCO. The largest absolute Gasteiger partial charge is 0.491 e. The molecule has 1 aromatic rings. The van der Waals surface area contributed by atoms with Crippen molar-refractivity contribution in [3.8, 4) is 5.75 Å². The van der Waals surface area contributed by atoms with E-state index in [0.717, 1.165) is 6.42 Å². The fourth-order valence-corrected chi connectivity index (χ4v) is 1.17. The van der Waals surface area contributed by atoms with Crippen LogP contribution < -0.4 is 10.1 Å². The van der Waals surface area contributed by atoms with Crippen molar-refractivity contribution >= 4 is 5.69 Å². The minimum atomic E-state index is -0.320. The number of aliphatic hydroxyl groups excluding tert-OH is 1. The van der Waals surface area contributed by atoms with Crippen molar-refractivity contribution in [2.45, 2.75) is 13.3 Å². The number of nitrogens with one attached hydrogen (secondary N) is 1. The van der Waals surface area contributed by atoms with Gasteiger partial charge < -0.3 is 15.2 Å². The predicted molar refractivity (Wildman–Crippen MR) is 57.8 cm³/mol. The highest BCUT2D eigenvalue weighted by Crippen LogP contribution is 2.25. The van der Waals surface area contributed by atoms with E-state index >= 15 is 0 Å². The van der Waals surface area contributed by atoms with Gasteiger partial charge in [0.15, 0.2) is 0 Å². The van der Waals surface area contributed by atoms with Crippen LogP contribution >= 0.6 is 0 Å². The minimum Gasteiger partial charge on any atom is -0.491 e. The predicted octanol–water partition coefficient (Wildman–Crippen LogP) is 2.02. The second kappa shape index (κ2) is 6.24. The molecular weight excluding hydrogens is 197 g/mol. The molecule has 0 bridgehead atoms. The number of anilines is 1. The topological polar surface area (TPSA) is 41.5 Å². The zero-order valence-electron chi connectivity index (χ0n) is 8.79. The molecule has 2 N–H and O–H groups in total. The summed E-state index contributed by atoms with van der Waals surface area (Å²) in [6.45, 7) is 2.99. The lowest BCUT2D eigenvalue weighted by atomic mass is 10.3. The first-order valence-electron chi connectivity index (χ1n) is 5.05. The van der Waals surface area contributed by atoms with Crippen molar-refractivity contribution in [2.75, 3.05) is 25.1 Å². The van der Waals surface area contributed by atoms with Crippen LogP contribution in [-0.4, -0.2) is 24.9 Å². The quantitative estimate of drug-likeness (QED) is 0.759. The summed E-state index contributed by atoms with van der Waals surface area (Å²) >= 11 is 0. The maximum absolute atomic E-state index is 12.9. The van der Waals surface area contributed by atoms with E-state index in [1.807, 2.05) is 6.92 Å². The third kappa shape index (κ3) is 3.75. The molecule has 15 heavy (non-hydrogen) atoms. The van der Waals surface area contributed by atoms with E-state index in [-0.39, 0.29) is 12.4 Å². The van der Waals surface area contributed by atoms with E-state index in [2.05, 4.69) is 5.32 Å². The highest BCUT2D eigenvalue weighted by molar-refractivity contribution is 5.56. The van der Waals surface area contributed by atoms with Crippen LogP contribution in [0.5, 0.6) is 5.75 Å². The molecule has 1 rings (SSSR count). The van der Waals surface area contributed by atoms with E-state index in [0.29, 0.717) is 24.6 Å². The van der Waals surface area contributed by atoms with Crippen molar-refractivity contribution in [1.82, 2.24) is 0 Å². The lowest BCUT2D eigenvalue weighted by Gasteiger charge is -2.12. The van der Waals surface area contributed by atoms with Crippen LogP contribution in [0.2, 0.25) is 0 Å². The van der Waals surface area contributed by atoms with E-state index in [4.69, 9.17) is 9.84 Å². The number of halogens is 1. The van der Waals surface area contributed by atoms with Crippen LogP contribution in [0.3, 0.4) is 0 Å². The van der Waals surface area contributed by atoms with Gasteiger partial charge >= 0.3 is 0 Å². The minimum absolute atomic E-state index is 0.00370. The Morgan fingerprint density at radius 2 is 2.27 bits per heavy atom. The Bertz CT molecular complexity index is 305. The zero-order valence-corrected chi connectivity index (χ0v) is 8.79. The Kier molecular flexibility index (Phi) is 4.90. The van der Waals surface area contributed by atoms with Crippen LogP contribution in [-0.2, 0) is 0 Å². The van der Waals surface area contributed by atoms with Gasteiger partial charge in [-0.05, 0) is 18.6 Å². The maximum Gasteiger partial charge on any atom is 0.142 e. The molecule has 0 heterocycles. The molecule has 0 saturated heterocycles. The average Bonchev–Trinajstić information content (AvgIpc) is 2.25. The number of benzene rings is 1. The highest BCUT2D eigenvalue weighted by atomic mass is 19.1. The van der Waals surface area contributed by atoms with Gasteiger partial charge in [-0.15, -0.1) is 0 Å². The van der Waals surface area contributed by atoms with Gasteiger partial charge in [0.2, 0.25) is 0 Å². The normalized spacial score (nSPS) is 10.1. The van der Waals surface area contributed by atoms with Gasteiger partial charge in [0.25, 0.3) is 0 Å². The fraction of sp³-hybridized carbons (Fsp3) is 0.455. The molecule has 0 radical (unpaired) electrons. The summed E-state index contributed by atoms with van der Waals surface area (Å²) in [6.07, 6.45) is 0.900. The van der Waals surface area contributed by atoms with Gasteiger partial charge in [0.1, 0.15) is 11.6 Å². The summed E-state index contributed by atoms with van der Waals surface area (Å²) in [4.78, 5) is 0. The van der Waals surface area contributed by atoms with Gasteiger partial charge in [-0.3, -0.25) is 0 Å². The molecule has 0 aliphatic rings. The first-order chi connectivity index (χ1) is 7.27. The standard InChI is InChI=1S/C11H16FNO2/c1-2-7-15-11-4-3-9(12)8-10(11)13-5-6-14/h3-4,8,13-14H,2,5-7H2,1H3. The van der Waals surface area contributed by atoms with Crippen LogP contribution in [0.4, 0.5) is 10.1 Å². The third-order valence-corrected chi connectivity index (χ3v) is 1.83. The summed E-state index contributed by atoms with van der Waals surface area (Å²) in [6, 6.07) is 4.31. The molecule has 0 fully saturated rings. The molecule has 0 unspecified atom stereocenters. The van der Waals surface area contributed by atoms with Crippen molar-refractivity contribution in [3.63, 3.8) is 0 Å². The number of hydrogen-bond acceptors (Lipinski definition) is 3. The summed E-state index contributed by atoms with van der Waals surface area (Å²) in [7, 11) is 0. The molecular formula is C11H16FNO2. The molecule has 0 atom stereocenters. The van der Waals surface area contributed by atoms with Gasteiger partial charge in [0, 0.05) is 12.6 Å². The van der Waals surface area contributed by atoms with Gasteiger partial charge in [0.05, 0.1) is 18.9 Å². The fourth-order valence-electron chi connectivity index (χ4n) is 1.17. The lowest BCUT2D eigenvalue weighted by molar-refractivity contribution is 0.308. The molecule has 3 nitrogen and oxygen atoms in total. The zero-order chi connectivity index (χ0) is 11.1. The maximum atomic E-state index is 12.9. The third-order valence-electron chi connectivity index (χ3n) is 1.83. The lowest BCUT2D eigenvalue weighted by Crippen LogP contribution is -2.08. The number of hydrogen-bond donors (Lipinski definition) is 2. The van der Waals surface area contributed by atoms with Crippen molar-refractivity contribution in [1.29, 1.82) is 0 Å². The van der Waals surface area contributed by atoms with Gasteiger partial charge in [-0.2, -0.15) is 0 Å². The Morgan fingerprint density at radius 1 is 1.47 bits per heavy atom. The molecule has 4 heteroatoms. The monoisotopic (exact) mass is 213 g/mol. The smallest absolute Gasteiger partial charge is 0.142 e. The van der Waals surface area contributed by atoms with Crippen LogP contribution in [0.1, 0.15) is 13.3 Å². The van der Waals surface area contributed by atoms with Gasteiger partial charge in [-0.25, -0.2) is 4.39 Å². The molecule has 0 aliphatic carbocycles. The number of aliphatic hydroxyl groups is 1. The van der Waals surface area contributed by atoms with E-state index in [1.54, 1.807) is 6.07 Å². The first kappa shape index (κ1) is 11.8. The number of ether oxygens (including phenoxy) is 1. The summed E-state index contributed by atoms with van der Waals surface area (Å²) in [5.41, 5.74) is 0.581. The number of rotatable bonds is 6. The molecule has 84 valence electrons. The van der Waals surface area contributed by atoms with E-state index in [9.17, 15) is 4.39 Å². The van der Waals surface area contributed by atoms with Crippen molar-refractivity contribution in [3.05, 3.63) is 24.0 Å². The Labute approximate surface area is 88.9 Å². The molecule has 0 spiro atoms. The van der Waals surface area contributed by atoms with Gasteiger partial charge in [-0.1, -0.05) is 6.92 Å². The van der Waals surface area contributed by atoms with Crippen LogP contribution in [0.25, 0.3) is 0 Å². The summed E-state index contributed by atoms with van der Waals surface area (Å²) in [5, 5.41) is 11.6. The summed E-state index contributed by atoms with van der Waals surface area (Å²) in [5.74, 6) is 0.297. The Balaban J connectivity index is 2.73. The molecule has 0 aromatic heterocycles. The first-order valence-corrected chi connectivity index (χ1v) is 5.05. The second-order valence-electron chi connectivity index (χ2n) is 3.14. The van der Waals surface area contributed by atoms with E-state index < -0.39 is 0 Å². The Morgan fingerprint density at radius 3 is 2.93 bits per heavy atom. The average molecular weight is 213 g/mol. The second-order valence-corrected chi connectivity index (χ2v) is 3.14. The highest BCUT2D eigenvalue weighted by Gasteiger charge is 2.04. The van der Waals surface area contributed by atoms with Crippen molar-refractivity contribution < 1.29 is 14.2 Å². The van der Waals surface area contributed by atoms with Crippen molar-refractivity contribution in [2.24, 2.45) is 0 Å². The molecule has 1 aromatic carbocycles. The van der Waals surface area contributed by atoms with E-state index in [1.165, 1.54) is 12.1 Å². The molecule has 0 amide bonds.